The van der Waals surface area contributed by atoms with Crippen molar-refractivity contribution in [3.8, 4) is 21.8 Å². The molecule has 0 spiro atoms. The molecule has 1 aliphatic heterocycles. The number of hydrogen-bond acceptors (Lipinski definition) is 6. The van der Waals surface area contributed by atoms with Crippen LogP contribution in [0.3, 0.4) is 0 Å². The lowest BCUT2D eigenvalue weighted by Crippen LogP contribution is -2.24. The molecule has 1 atom stereocenters. The quantitative estimate of drug-likeness (QED) is 0.467. The predicted molar refractivity (Wildman–Crippen MR) is 119 cm³/mol. The van der Waals surface area contributed by atoms with Crippen molar-refractivity contribution < 1.29 is 18.7 Å². The van der Waals surface area contributed by atoms with Gasteiger partial charge in [-0.15, -0.1) is 11.3 Å². The molecule has 0 saturated carbocycles. The van der Waals surface area contributed by atoms with Gasteiger partial charge in [0.25, 0.3) is 6.54 Å². The molecule has 0 bridgehead atoms. The Bertz CT molecular complexity index is 1200. The monoisotopic (exact) mass is 450 g/mol. The van der Waals surface area contributed by atoms with Crippen LogP contribution in [0.2, 0.25) is 0 Å². The number of amides is 1. The minimum absolute atomic E-state index is 0.0354. The maximum Gasteiger partial charge on any atom is 0.414 e. The summed E-state index contributed by atoms with van der Waals surface area (Å²) < 4.78 is 20.2. The molecule has 0 unspecified atom stereocenters. The molecule has 1 aliphatic rings. The van der Waals surface area contributed by atoms with Gasteiger partial charge in [-0.25, -0.2) is 20.7 Å². The Hall–Kier alpha value is -3.64. The van der Waals surface area contributed by atoms with E-state index in [9.17, 15) is 14.0 Å². The number of pyridine rings is 1. The first kappa shape index (κ1) is 21.6. The van der Waals surface area contributed by atoms with Crippen LogP contribution in [0, 0.1) is 12.4 Å². The highest BCUT2D eigenvalue weighted by Gasteiger charge is 2.32. The molecule has 4 rings (SSSR count). The second kappa shape index (κ2) is 9.24. The Morgan fingerprint density at radius 1 is 1.38 bits per heavy atom. The van der Waals surface area contributed by atoms with Gasteiger partial charge in [0.1, 0.15) is 28.4 Å². The first-order valence-corrected chi connectivity index (χ1v) is 10.8. The smallest absolute Gasteiger partial charge is 0.414 e. The molecule has 1 fully saturated rings. The van der Waals surface area contributed by atoms with E-state index >= 15 is 0 Å². The number of carbonyl (C=O) groups is 2. The highest BCUT2D eigenvalue weighted by atomic mass is 32.1. The van der Waals surface area contributed by atoms with Crippen LogP contribution in [0.15, 0.2) is 41.9 Å². The van der Waals surface area contributed by atoms with Gasteiger partial charge < -0.3 is 14.4 Å². The van der Waals surface area contributed by atoms with Crippen molar-refractivity contribution in [3.63, 3.8) is 0 Å². The van der Waals surface area contributed by atoms with E-state index in [2.05, 4.69) is 14.8 Å². The molecular weight excluding hydrogens is 431 g/mol. The molecule has 162 valence electrons. The maximum absolute atomic E-state index is 14.9. The fourth-order valence-corrected chi connectivity index (χ4v) is 4.20. The van der Waals surface area contributed by atoms with E-state index in [1.165, 1.54) is 29.2 Å². The molecule has 3 heterocycles. The lowest BCUT2D eigenvalue weighted by atomic mass is 10.1. The summed E-state index contributed by atoms with van der Waals surface area (Å²) in [4.78, 5) is 36.8. The van der Waals surface area contributed by atoms with Gasteiger partial charge in [-0.3, -0.25) is 9.88 Å². The number of thiazole rings is 1. The summed E-state index contributed by atoms with van der Waals surface area (Å²) >= 11 is 1.41. The number of benzene rings is 1. The van der Waals surface area contributed by atoms with Crippen molar-refractivity contribution in [1.29, 1.82) is 0 Å². The SMILES string of the molecule is [C-]#[N+]Cc1csc(-c2ccc(-c3ccc(N4C[C@H](CCC(C)=O)OC4=O)cc3F)cn2)n1. The Kier molecular flexibility index (Phi) is 6.23. The number of anilines is 1. The molecule has 2 aromatic heterocycles. The van der Waals surface area contributed by atoms with Gasteiger partial charge >= 0.3 is 6.09 Å². The summed E-state index contributed by atoms with van der Waals surface area (Å²) in [5.41, 5.74) is 2.72. The molecule has 9 heteroatoms. The number of halogens is 1. The number of Topliss-reactive ketones (excluding diaryl/α,β-unsaturated/α-hetero) is 1. The number of nitrogens with zero attached hydrogens (tertiary/aromatic N) is 4. The van der Waals surface area contributed by atoms with Gasteiger partial charge in [-0.2, -0.15) is 0 Å². The zero-order chi connectivity index (χ0) is 22.7. The number of ether oxygens (including phenoxy) is 1. The summed E-state index contributed by atoms with van der Waals surface area (Å²) in [6, 6.07) is 8.10. The van der Waals surface area contributed by atoms with Crippen molar-refractivity contribution in [2.24, 2.45) is 0 Å². The molecule has 0 aliphatic carbocycles. The van der Waals surface area contributed by atoms with Crippen LogP contribution in [0.25, 0.3) is 26.7 Å². The standard InChI is InChI=1S/C23H19FN4O3S/c1-14(29)3-6-18-12-28(23(30)31-18)17-5-7-19(20(24)9-17)15-4-8-21(26-10-15)22-27-16(11-25-2)13-32-22/h4-5,7-10,13,18H,3,6,11-12H2,1H3/t18-/m0/s1. The van der Waals surface area contributed by atoms with Crippen LogP contribution in [0.5, 0.6) is 0 Å². The number of carbonyl (C=O) groups excluding carboxylic acids is 2. The molecule has 3 aromatic rings. The van der Waals surface area contributed by atoms with E-state index in [-0.39, 0.29) is 25.0 Å². The Labute approximate surface area is 188 Å². The van der Waals surface area contributed by atoms with E-state index in [1.807, 2.05) is 5.38 Å². The molecule has 7 nitrogen and oxygen atoms in total. The number of cyclic esters (lactones) is 1. The second-order valence-corrected chi connectivity index (χ2v) is 8.27. The van der Waals surface area contributed by atoms with Crippen LogP contribution in [0.4, 0.5) is 14.9 Å². The summed E-state index contributed by atoms with van der Waals surface area (Å²) in [6.07, 6.45) is 1.44. The molecule has 1 saturated heterocycles. The molecule has 0 radical (unpaired) electrons. The first-order valence-electron chi connectivity index (χ1n) is 9.96. The first-order chi connectivity index (χ1) is 15.4. The van der Waals surface area contributed by atoms with Crippen molar-refractivity contribution in [3.05, 3.63) is 64.8 Å². The van der Waals surface area contributed by atoms with Crippen molar-refractivity contribution in [2.75, 3.05) is 11.4 Å². The van der Waals surface area contributed by atoms with Gasteiger partial charge in [0, 0.05) is 29.1 Å². The topological polar surface area (TPSA) is 76.8 Å². The van der Waals surface area contributed by atoms with Crippen LogP contribution in [-0.2, 0) is 16.1 Å². The fraction of sp³-hybridized carbons (Fsp3) is 0.261. The van der Waals surface area contributed by atoms with Crippen molar-refractivity contribution >= 4 is 28.9 Å². The van der Waals surface area contributed by atoms with Gasteiger partial charge in [0.05, 0.1) is 17.9 Å². The summed E-state index contributed by atoms with van der Waals surface area (Å²) in [6.45, 7) is 8.93. The largest absolute Gasteiger partial charge is 0.444 e. The number of aromatic nitrogens is 2. The average molecular weight is 450 g/mol. The average Bonchev–Trinajstić information content (AvgIpc) is 3.39. The molecule has 0 N–H and O–H groups in total. The van der Waals surface area contributed by atoms with Crippen LogP contribution in [-0.4, -0.2) is 34.5 Å². The Morgan fingerprint density at radius 3 is 2.91 bits per heavy atom. The normalized spacial score (nSPS) is 15.5. The second-order valence-electron chi connectivity index (χ2n) is 7.41. The van der Waals surface area contributed by atoms with E-state index in [1.54, 1.807) is 30.5 Å². The third-order valence-electron chi connectivity index (χ3n) is 5.04. The minimum Gasteiger partial charge on any atom is -0.444 e. The summed E-state index contributed by atoms with van der Waals surface area (Å²) in [5.74, 6) is -0.446. The minimum atomic E-state index is -0.544. The van der Waals surface area contributed by atoms with E-state index in [0.29, 0.717) is 46.1 Å². The maximum atomic E-state index is 14.9. The van der Waals surface area contributed by atoms with Gasteiger partial charge in [-0.05, 0) is 37.6 Å². The highest BCUT2D eigenvalue weighted by Crippen LogP contribution is 2.31. The number of ketones is 1. The fourth-order valence-electron chi connectivity index (χ4n) is 3.41. The number of hydrogen-bond donors (Lipinski definition) is 0. The van der Waals surface area contributed by atoms with E-state index in [0.717, 1.165) is 0 Å². The Balaban J connectivity index is 1.49. The molecule has 1 amide bonds. The van der Waals surface area contributed by atoms with Gasteiger partial charge in [-0.1, -0.05) is 6.07 Å². The number of rotatable bonds is 7. The van der Waals surface area contributed by atoms with E-state index in [4.69, 9.17) is 11.3 Å². The zero-order valence-electron chi connectivity index (χ0n) is 17.2. The third kappa shape index (κ3) is 4.65. The van der Waals surface area contributed by atoms with Gasteiger partial charge in [0.15, 0.2) is 0 Å². The van der Waals surface area contributed by atoms with Crippen LogP contribution >= 0.6 is 11.3 Å². The molecule has 1 aromatic carbocycles. The summed E-state index contributed by atoms with van der Waals surface area (Å²) in [5, 5.41) is 2.54. The molecule has 32 heavy (non-hydrogen) atoms. The molecular formula is C23H19FN4O3S. The summed E-state index contributed by atoms with van der Waals surface area (Å²) in [7, 11) is 0. The Morgan fingerprint density at radius 2 is 2.22 bits per heavy atom. The third-order valence-corrected chi connectivity index (χ3v) is 5.96. The predicted octanol–water partition coefficient (Wildman–Crippen LogP) is 5.12. The van der Waals surface area contributed by atoms with Crippen LogP contribution in [0.1, 0.15) is 25.5 Å². The zero-order valence-corrected chi connectivity index (χ0v) is 18.1. The van der Waals surface area contributed by atoms with Gasteiger partial charge in [0.2, 0.25) is 0 Å². The van der Waals surface area contributed by atoms with Crippen molar-refractivity contribution in [2.45, 2.75) is 32.4 Å². The lowest BCUT2D eigenvalue weighted by molar-refractivity contribution is -0.117. The van der Waals surface area contributed by atoms with Crippen LogP contribution < -0.4 is 4.90 Å². The lowest BCUT2D eigenvalue weighted by Gasteiger charge is -2.14. The highest BCUT2D eigenvalue weighted by molar-refractivity contribution is 7.13. The van der Waals surface area contributed by atoms with Crippen molar-refractivity contribution in [1.82, 2.24) is 9.97 Å². The van der Waals surface area contributed by atoms with E-state index < -0.39 is 11.9 Å².